The van der Waals surface area contributed by atoms with Crippen LogP contribution >= 0.6 is 0 Å². The molecule has 0 fully saturated rings. The van der Waals surface area contributed by atoms with E-state index in [-0.39, 0.29) is 0 Å². The average Bonchev–Trinajstić information content (AvgIpc) is 2.38. The van der Waals surface area contributed by atoms with Gasteiger partial charge in [-0.3, -0.25) is 10.8 Å². The SMILES string of the molecule is CCCCCCCOCc1cc(NN)ccn1. The molecular weight excluding hydrogens is 214 g/mol. The smallest absolute Gasteiger partial charge is 0.0888 e. The lowest BCUT2D eigenvalue weighted by atomic mass is 10.2. The quantitative estimate of drug-likeness (QED) is 0.394. The van der Waals surface area contributed by atoms with Gasteiger partial charge >= 0.3 is 0 Å². The molecule has 1 heterocycles. The third kappa shape index (κ3) is 6.24. The van der Waals surface area contributed by atoms with Crippen LogP contribution in [0.3, 0.4) is 0 Å². The number of aromatic nitrogens is 1. The molecule has 17 heavy (non-hydrogen) atoms. The summed E-state index contributed by atoms with van der Waals surface area (Å²) in [6.45, 7) is 3.59. The molecule has 0 aliphatic heterocycles. The number of hydrogen-bond acceptors (Lipinski definition) is 4. The molecule has 0 saturated heterocycles. The van der Waals surface area contributed by atoms with E-state index in [0.717, 1.165) is 24.4 Å². The molecular formula is C13H23N3O. The predicted molar refractivity (Wildman–Crippen MR) is 70.5 cm³/mol. The number of ether oxygens (including phenoxy) is 1. The van der Waals surface area contributed by atoms with Crippen LogP contribution in [-0.2, 0) is 11.3 Å². The molecule has 4 heteroatoms. The Bertz CT molecular complexity index is 304. The zero-order valence-corrected chi connectivity index (χ0v) is 10.6. The largest absolute Gasteiger partial charge is 0.375 e. The van der Waals surface area contributed by atoms with Gasteiger partial charge in [0.05, 0.1) is 18.0 Å². The average molecular weight is 237 g/mol. The molecule has 0 aliphatic rings. The van der Waals surface area contributed by atoms with Crippen molar-refractivity contribution in [3.63, 3.8) is 0 Å². The van der Waals surface area contributed by atoms with E-state index in [2.05, 4.69) is 17.3 Å². The van der Waals surface area contributed by atoms with Gasteiger partial charge < -0.3 is 10.2 Å². The lowest BCUT2D eigenvalue weighted by Crippen LogP contribution is -2.07. The number of nitrogens with one attached hydrogen (secondary N) is 1. The van der Waals surface area contributed by atoms with E-state index in [4.69, 9.17) is 10.6 Å². The molecule has 0 saturated carbocycles. The van der Waals surface area contributed by atoms with Crippen molar-refractivity contribution in [3.05, 3.63) is 24.0 Å². The Kier molecular flexibility index (Phi) is 7.34. The molecule has 0 unspecified atom stereocenters. The van der Waals surface area contributed by atoms with Crippen molar-refractivity contribution < 1.29 is 4.74 Å². The van der Waals surface area contributed by atoms with Crippen LogP contribution < -0.4 is 11.3 Å². The molecule has 3 N–H and O–H groups in total. The Morgan fingerprint density at radius 2 is 2.12 bits per heavy atom. The number of rotatable bonds is 9. The van der Waals surface area contributed by atoms with Crippen LogP contribution in [0.2, 0.25) is 0 Å². The Morgan fingerprint density at radius 3 is 2.88 bits per heavy atom. The van der Waals surface area contributed by atoms with Gasteiger partial charge in [0.1, 0.15) is 0 Å². The maximum atomic E-state index is 5.57. The topological polar surface area (TPSA) is 60.2 Å². The minimum atomic E-state index is 0.559. The van der Waals surface area contributed by atoms with E-state index in [9.17, 15) is 0 Å². The Labute approximate surface area is 104 Å². The summed E-state index contributed by atoms with van der Waals surface area (Å²) in [5.74, 6) is 5.32. The number of nitrogens with two attached hydrogens (primary N) is 1. The van der Waals surface area contributed by atoms with Crippen molar-refractivity contribution in [2.24, 2.45) is 5.84 Å². The molecule has 1 rings (SSSR count). The predicted octanol–water partition coefficient (Wildman–Crippen LogP) is 2.85. The molecule has 1 aromatic rings. The first-order chi connectivity index (χ1) is 8.36. The second kappa shape index (κ2) is 8.96. The van der Waals surface area contributed by atoms with Crippen molar-refractivity contribution in [1.82, 2.24) is 4.98 Å². The first-order valence-electron chi connectivity index (χ1n) is 6.36. The lowest BCUT2D eigenvalue weighted by Gasteiger charge is -2.05. The fraction of sp³-hybridized carbons (Fsp3) is 0.615. The highest BCUT2D eigenvalue weighted by Crippen LogP contribution is 2.08. The fourth-order valence-electron chi connectivity index (χ4n) is 1.63. The van der Waals surface area contributed by atoms with Gasteiger partial charge in [0.2, 0.25) is 0 Å². The molecule has 0 bridgehead atoms. The molecule has 0 atom stereocenters. The van der Waals surface area contributed by atoms with Gasteiger partial charge in [0, 0.05) is 12.8 Å². The zero-order chi connectivity index (χ0) is 12.3. The van der Waals surface area contributed by atoms with Crippen molar-refractivity contribution >= 4 is 5.69 Å². The molecule has 0 radical (unpaired) electrons. The van der Waals surface area contributed by atoms with Crippen LogP contribution in [0.15, 0.2) is 18.3 Å². The maximum Gasteiger partial charge on any atom is 0.0888 e. The van der Waals surface area contributed by atoms with Gasteiger partial charge in [0.15, 0.2) is 0 Å². The number of nitrogens with zero attached hydrogens (tertiary/aromatic N) is 1. The molecule has 0 aliphatic carbocycles. The van der Waals surface area contributed by atoms with E-state index in [1.807, 2.05) is 12.1 Å². The summed E-state index contributed by atoms with van der Waals surface area (Å²) >= 11 is 0. The van der Waals surface area contributed by atoms with Gasteiger partial charge in [-0.25, -0.2) is 0 Å². The van der Waals surface area contributed by atoms with Crippen molar-refractivity contribution in [2.75, 3.05) is 12.0 Å². The van der Waals surface area contributed by atoms with Crippen LogP contribution in [0.5, 0.6) is 0 Å². The van der Waals surface area contributed by atoms with Crippen LogP contribution in [0.25, 0.3) is 0 Å². The highest BCUT2D eigenvalue weighted by molar-refractivity contribution is 5.41. The summed E-state index contributed by atoms with van der Waals surface area (Å²) < 4.78 is 5.57. The van der Waals surface area contributed by atoms with Crippen molar-refractivity contribution in [1.29, 1.82) is 0 Å². The van der Waals surface area contributed by atoms with Crippen LogP contribution in [0.1, 0.15) is 44.7 Å². The summed E-state index contributed by atoms with van der Waals surface area (Å²) in [6, 6.07) is 3.73. The first kappa shape index (κ1) is 13.9. The van der Waals surface area contributed by atoms with E-state index in [0.29, 0.717) is 6.61 Å². The van der Waals surface area contributed by atoms with Crippen molar-refractivity contribution in [2.45, 2.75) is 45.6 Å². The Balaban J connectivity index is 2.09. The summed E-state index contributed by atoms with van der Waals surface area (Å²) in [5.41, 5.74) is 4.37. The number of pyridine rings is 1. The van der Waals surface area contributed by atoms with Crippen LogP contribution in [0, 0.1) is 0 Å². The monoisotopic (exact) mass is 237 g/mol. The molecule has 0 spiro atoms. The second-order valence-corrected chi connectivity index (χ2v) is 4.15. The second-order valence-electron chi connectivity index (χ2n) is 4.15. The van der Waals surface area contributed by atoms with Gasteiger partial charge in [-0.1, -0.05) is 32.6 Å². The van der Waals surface area contributed by atoms with E-state index in [1.165, 1.54) is 25.7 Å². The molecule has 1 aromatic heterocycles. The first-order valence-corrected chi connectivity index (χ1v) is 6.36. The summed E-state index contributed by atoms with van der Waals surface area (Å²) in [6.07, 6.45) is 8.04. The highest BCUT2D eigenvalue weighted by atomic mass is 16.5. The molecule has 0 amide bonds. The number of hydrogen-bond donors (Lipinski definition) is 2. The number of unbranched alkanes of at least 4 members (excludes halogenated alkanes) is 4. The van der Waals surface area contributed by atoms with Gasteiger partial charge in [-0.2, -0.15) is 0 Å². The maximum absolute atomic E-state index is 5.57. The minimum Gasteiger partial charge on any atom is -0.375 e. The standard InChI is InChI=1S/C13H23N3O/c1-2-3-4-5-6-9-17-11-13-10-12(16-14)7-8-15-13/h7-8,10H,2-6,9,11,14H2,1H3,(H,15,16). The Hall–Kier alpha value is -1.13. The fourth-order valence-corrected chi connectivity index (χ4v) is 1.63. The lowest BCUT2D eigenvalue weighted by molar-refractivity contribution is 0.114. The number of anilines is 1. The summed E-state index contributed by atoms with van der Waals surface area (Å²) in [4.78, 5) is 4.21. The van der Waals surface area contributed by atoms with Crippen LogP contribution in [-0.4, -0.2) is 11.6 Å². The van der Waals surface area contributed by atoms with E-state index < -0.39 is 0 Å². The summed E-state index contributed by atoms with van der Waals surface area (Å²) in [7, 11) is 0. The van der Waals surface area contributed by atoms with Gasteiger partial charge in [0.25, 0.3) is 0 Å². The van der Waals surface area contributed by atoms with Gasteiger partial charge in [-0.05, 0) is 18.6 Å². The molecule has 96 valence electrons. The number of hydrazine groups is 1. The molecule has 0 aromatic carbocycles. The van der Waals surface area contributed by atoms with E-state index in [1.54, 1.807) is 6.20 Å². The minimum absolute atomic E-state index is 0.559. The summed E-state index contributed by atoms with van der Waals surface area (Å²) in [5, 5.41) is 0. The van der Waals surface area contributed by atoms with Crippen molar-refractivity contribution in [3.8, 4) is 0 Å². The molecule has 4 nitrogen and oxygen atoms in total. The third-order valence-electron chi connectivity index (χ3n) is 2.63. The van der Waals surface area contributed by atoms with Gasteiger partial charge in [-0.15, -0.1) is 0 Å². The zero-order valence-electron chi connectivity index (χ0n) is 10.6. The number of nitrogen functional groups attached to an aromatic ring is 1. The van der Waals surface area contributed by atoms with E-state index >= 15 is 0 Å². The van der Waals surface area contributed by atoms with Crippen LogP contribution in [0.4, 0.5) is 5.69 Å². The normalized spacial score (nSPS) is 10.5. The third-order valence-corrected chi connectivity index (χ3v) is 2.63. The highest BCUT2D eigenvalue weighted by Gasteiger charge is 1.96. The Morgan fingerprint density at radius 1 is 1.29 bits per heavy atom.